The van der Waals surface area contributed by atoms with Gasteiger partial charge in [0.2, 0.25) is 5.89 Å². The predicted octanol–water partition coefficient (Wildman–Crippen LogP) is 1.25. The van der Waals surface area contributed by atoms with E-state index in [0.717, 1.165) is 43.9 Å². The normalized spacial score (nSPS) is 18.6. The van der Waals surface area contributed by atoms with Crippen LogP contribution in [0.2, 0.25) is 0 Å². The minimum absolute atomic E-state index is 0.0888. The molecule has 0 atom stereocenters. The number of hydrogen-bond donors (Lipinski definition) is 1. The largest absolute Gasteiger partial charge is 0.493 e. The average Bonchev–Trinajstić information content (AvgIpc) is 3.18. The second kappa shape index (κ2) is 7.40. The van der Waals surface area contributed by atoms with Crippen molar-refractivity contribution >= 4 is 5.91 Å². The summed E-state index contributed by atoms with van der Waals surface area (Å²) >= 11 is 0. The molecule has 1 spiro atoms. The maximum atomic E-state index is 11.1. The molecule has 2 N–H and O–H groups in total. The van der Waals surface area contributed by atoms with Gasteiger partial charge in [0.25, 0.3) is 11.7 Å². The second-order valence-electron chi connectivity index (χ2n) is 7.11. The first-order valence-corrected chi connectivity index (χ1v) is 9.29. The fourth-order valence-electron chi connectivity index (χ4n) is 4.08. The number of ether oxygens (including phenoxy) is 3. The summed E-state index contributed by atoms with van der Waals surface area (Å²) in [4.78, 5) is 17.4. The molecule has 28 heavy (non-hydrogen) atoms. The fraction of sp³-hybridized carbons (Fsp3) is 0.526. The van der Waals surface area contributed by atoms with E-state index in [1.165, 1.54) is 11.1 Å². The number of carbonyl (C=O) groups excluding carboxylic acids is 1. The number of nitrogens with zero attached hydrogens (tertiary/aromatic N) is 3. The van der Waals surface area contributed by atoms with Crippen molar-refractivity contribution in [3.05, 3.63) is 35.0 Å². The molecule has 2 aliphatic heterocycles. The van der Waals surface area contributed by atoms with E-state index in [0.29, 0.717) is 19.0 Å². The summed E-state index contributed by atoms with van der Waals surface area (Å²) in [6, 6.07) is 4.12. The standard InChI is InChI=1S/C19H24N4O5/c1-25-14-9-12-3-8-27-19(13(12)10-15(14)26-2)4-6-23(7-5-19)11-16-21-18(17(20)24)22-28-16/h9-10H,3-8,11H2,1-2H3,(H2,20,24). The highest BCUT2D eigenvalue weighted by Crippen LogP contribution is 2.45. The van der Waals surface area contributed by atoms with E-state index in [-0.39, 0.29) is 11.4 Å². The Balaban J connectivity index is 1.50. The zero-order valence-corrected chi connectivity index (χ0v) is 16.1. The maximum absolute atomic E-state index is 11.1. The number of aromatic nitrogens is 2. The lowest BCUT2D eigenvalue weighted by Gasteiger charge is -2.45. The van der Waals surface area contributed by atoms with E-state index in [9.17, 15) is 4.79 Å². The van der Waals surface area contributed by atoms with Gasteiger partial charge in [-0.15, -0.1) is 0 Å². The third-order valence-corrected chi connectivity index (χ3v) is 5.56. The van der Waals surface area contributed by atoms with Crippen LogP contribution in [0.5, 0.6) is 11.5 Å². The Morgan fingerprint density at radius 3 is 2.61 bits per heavy atom. The number of amides is 1. The average molecular weight is 388 g/mol. The van der Waals surface area contributed by atoms with Crippen LogP contribution >= 0.6 is 0 Å². The molecule has 2 aliphatic rings. The molecule has 9 heteroatoms. The lowest BCUT2D eigenvalue weighted by atomic mass is 9.79. The molecule has 0 saturated carbocycles. The van der Waals surface area contributed by atoms with Crippen LogP contribution in [0.15, 0.2) is 16.7 Å². The van der Waals surface area contributed by atoms with Gasteiger partial charge >= 0.3 is 0 Å². The van der Waals surface area contributed by atoms with Crippen molar-refractivity contribution in [2.24, 2.45) is 5.73 Å². The molecule has 1 amide bonds. The van der Waals surface area contributed by atoms with Gasteiger partial charge in [-0.2, -0.15) is 4.98 Å². The van der Waals surface area contributed by atoms with Gasteiger partial charge in [-0.3, -0.25) is 9.69 Å². The number of hydrogen-bond acceptors (Lipinski definition) is 8. The third-order valence-electron chi connectivity index (χ3n) is 5.56. The van der Waals surface area contributed by atoms with Crippen molar-refractivity contribution in [3.63, 3.8) is 0 Å². The van der Waals surface area contributed by atoms with Crippen molar-refractivity contribution in [1.82, 2.24) is 15.0 Å². The van der Waals surface area contributed by atoms with Gasteiger partial charge < -0.3 is 24.5 Å². The molecule has 3 heterocycles. The summed E-state index contributed by atoms with van der Waals surface area (Å²) in [7, 11) is 3.30. The molecule has 0 unspecified atom stereocenters. The van der Waals surface area contributed by atoms with Crippen molar-refractivity contribution in [2.45, 2.75) is 31.4 Å². The molecule has 0 aliphatic carbocycles. The van der Waals surface area contributed by atoms with Crippen molar-refractivity contribution in [3.8, 4) is 11.5 Å². The van der Waals surface area contributed by atoms with Gasteiger partial charge in [0.15, 0.2) is 11.5 Å². The Bertz CT molecular complexity index is 873. The summed E-state index contributed by atoms with van der Waals surface area (Å²) in [5.74, 6) is 1.08. The highest BCUT2D eigenvalue weighted by atomic mass is 16.5. The van der Waals surface area contributed by atoms with Crippen LogP contribution in [-0.4, -0.2) is 54.9 Å². The van der Waals surface area contributed by atoms with Gasteiger partial charge in [-0.25, -0.2) is 0 Å². The van der Waals surface area contributed by atoms with Gasteiger partial charge in [0.05, 0.1) is 33.0 Å². The van der Waals surface area contributed by atoms with E-state index in [4.69, 9.17) is 24.5 Å². The van der Waals surface area contributed by atoms with E-state index in [1.807, 2.05) is 0 Å². The number of primary amides is 1. The van der Waals surface area contributed by atoms with E-state index < -0.39 is 5.91 Å². The van der Waals surface area contributed by atoms with Crippen LogP contribution < -0.4 is 15.2 Å². The first-order valence-electron chi connectivity index (χ1n) is 9.29. The third kappa shape index (κ3) is 3.31. The Morgan fingerprint density at radius 2 is 1.96 bits per heavy atom. The maximum Gasteiger partial charge on any atom is 0.290 e. The molecular weight excluding hydrogens is 364 g/mol. The quantitative estimate of drug-likeness (QED) is 0.814. The summed E-state index contributed by atoms with van der Waals surface area (Å²) in [6.45, 7) is 2.79. The first-order chi connectivity index (χ1) is 13.5. The number of rotatable bonds is 5. The lowest BCUT2D eigenvalue weighted by molar-refractivity contribution is -0.0998. The van der Waals surface area contributed by atoms with Crippen molar-refractivity contribution in [1.29, 1.82) is 0 Å². The van der Waals surface area contributed by atoms with Gasteiger partial charge in [0, 0.05) is 13.1 Å². The Hall–Kier alpha value is -2.65. The molecule has 1 saturated heterocycles. The Kier molecular flexibility index (Phi) is 4.94. The SMILES string of the molecule is COc1cc2c(cc1OC)C1(CCN(Cc3nc(C(N)=O)no3)CC1)OCC2. The summed E-state index contributed by atoms with van der Waals surface area (Å²) in [5, 5.41) is 3.59. The second-order valence-corrected chi connectivity index (χ2v) is 7.11. The van der Waals surface area contributed by atoms with Crippen LogP contribution in [0.4, 0.5) is 0 Å². The van der Waals surface area contributed by atoms with Gasteiger partial charge in [0.1, 0.15) is 0 Å². The number of benzene rings is 1. The minimum Gasteiger partial charge on any atom is -0.493 e. The fourth-order valence-corrected chi connectivity index (χ4v) is 4.08. The van der Waals surface area contributed by atoms with E-state index in [2.05, 4.69) is 27.2 Å². The molecule has 4 rings (SSSR count). The molecule has 150 valence electrons. The number of carbonyl (C=O) groups is 1. The summed E-state index contributed by atoms with van der Waals surface area (Å²) in [6.07, 6.45) is 2.54. The molecule has 0 bridgehead atoms. The van der Waals surface area contributed by atoms with Gasteiger partial charge in [-0.1, -0.05) is 5.16 Å². The number of piperidine rings is 1. The topological polar surface area (TPSA) is 113 Å². The van der Waals surface area contributed by atoms with Crippen LogP contribution in [0.25, 0.3) is 0 Å². The Morgan fingerprint density at radius 1 is 1.25 bits per heavy atom. The van der Waals surface area contributed by atoms with Crippen LogP contribution in [0, 0.1) is 0 Å². The minimum atomic E-state index is -0.691. The van der Waals surface area contributed by atoms with Crippen molar-refractivity contribution in [2.75, 3.05) is 33.9 Å². The molecule has 2 aromatic rings. The first kappa shape index (κ1) is 18.7. The van der Waals surface area contributed by atoms with E-state index >= 15 is 0 Å². The lowest BCUT2D eigenvalue weighted by Crippen LogP contribution is -2.46. The molecule has 1 aromatic heterocycles. The molecule has 1 aromatic carbocycles. The van der Waals surface area contributed by atoms with Gasteiger partial charge in [-0.05, 0) is 42.5 Å². The molecule has 1 fully saturated rings. The Labute approximate surface area is 162 Å². The highest BCUT2D eigenvalue weighted by molar-refractivity contribution is 5.88. The van der Waals surface area contributed by atoms with E-state index in [1.54, 1.807) is 14.2 Å². The highest BCUT2D eigenvalue weighted by Gasteiger charge is 2.41. The zero-order chi connectivity index (χ0) is 19.7. The molecule has 0 radical (unpaired) electrons. The van der Waals surface area contributed by atoms with Crippen LogP contribution in [0.1, 0.15) is 40.5 Å². The number of fused-ring (bicyclic) bond motifs is 2. The molecule has 9 nitrogen and oxygen atoms in total. The summed E-state index contributed by atoms with van der Waals surface area (Å²) < 4.78 is 22.4. The zero-order valence-electron chi connectivity index (χ0n) is 16.1. The van der Waals surface area contributed by atoms with Crippen molar-refractivity contribution < 1.29 is 23.5 Å². The number of likely N-dealkylation sites (tertiary alicyclic amines) is 1. The monoisotopic (exact) mass is 388 g/mol. The molecular formula is C19H24N4O5. The predicted molar refractivity (Wildman–Crippen MR) is 98.2 cm³/mol. The number of methoxy groups -OCH3 is 2. The van der Waals surface area contributed by atoms with Crippen LogP contribution in [0.3, 0.4) is 0 Å². The summed E-state index contributed by atoms with van der Waals surface area (Å²) in [5.41, 5.74) is 7.28. The number of nitrogens with two attached hydrogens (primary N) is 1. The smallest absolute Gasteiger partial charge is 0.290 e. The van der Waals surface area contributed by atoms with Crippen LogP contribution in [-0.2, 0) is 23.3 Å².